The average molecular weight is 192 g/mol. The van der Waals surface area contributed by atoms with Crippen molar-refractivity contribution in [3.8, 4) is 0 Å². The number of aliphatic hydroxyl groups is 1. The summed E-state index contributed by atoms with van der Waals surface area (Å²) < 4.78 is 5.29. The van der Waals surface area contributed by atoms with E-state index in [9.17, 15) is 0 Å². The molecule has 0 atom stereocenters. The van der Waals surface area contributed by atoms with Crippen molar-refractivity contribution >= 4 is 27.0 Å². The van der Waals surface area contributed by atoms with Crippen LogP contribution in [0.2, 0.25) is 6.04 Å². The molecule has 0 fully saturated rings. The Kier molecular flexibility index (Phi) is 4.88. The van der Waals surface area contributed by atoms with Gasteiger partial charge in [-0.15, -0.1) is 0 Å². The van der Waals surface area contributed by atoms with Gasteiger partial charge in [0.2, 0.25) is 0 Å². The molecule has 0 saturated heterocycles. The zero-order valence-corrected chi connectivity index (χ0v) is 9.62. The molecule has 0 saturated carbocycles. The first-order valence-electron chi connectivity index (χ1n) is 3.82. The molecule has 0 heterocycles. The lowest BCUT2D eigenvalue weighted by molar-refractivity contribution is 0.346. The fourth-order valence-corrected chi connectivity index (χ4v) is 2.04. The van der Waals surface area contributed by atoms with Crippen LogP contribution in [0.3, 0.4) is 0 Å². The Bertz CT molecular complexity index is 136. The van der Waals surface area contributed by atoms with Crippen LogP contribution in [0.5, 0.6) is 0 Å². The molecule has 0 aromatic carbocycles. The van der Waals surface area contributed by atoms with Crippen molar-refractivity contribution < 1.29 is 9.53 Å². The lowest BCUT2D eigenvalue weighted by Crippen LogP contribution is -2.24. The Morgan fingerprint density at radius 1 is 1.64 bits per heavy atom. The highest BCUT2D eigenvalue weighted by Gasteiger charge is 2.22. The van der Waals surface area contributed by atoms with Crippen LogP contribution in [-0.2, 0) is 4.43 Å². The Hall–Kier alpha value is 0.0669. The summed E-state index contributed by atoms with van der Waals surface area (Å²) in [5.41, 5.74) is -0.225. The number of aliphatic hydroxyl groups excluding tert-OH is 1. The molecule has 0 amide bonds. The summed E-state index contributed by atoms with van der Waals surface area (Å²) in [7, 11) is -0.483. The molecule has 0 aromatic heterocycles. The molecule has 0 spiro atoms. The topological polar surface area (TPSA) is 29.5 Å². The minimum atomic E-state index is -0.483. The molecule has 66 valence electrons. The van der Waals surface area contributed by atoms with Crippen LogP contribution in [0, 0.1) is 5.41 Å². The second-order valence-electron chi connectivity index (χ2n) is 3.14. The van der Waals surface area contributed by atoms with Gasteiger partial charge in [-0.2, -0.15) is 0 Å². The van der Waals surface area contributed by atoms with Crippen molar-refractivity contribution in [1.29, 1.82) is 0 Å². The molecule has 0 aromatic rings. The van der Waals surface area contributed by atoms with Crippen molar-refractivity contribution in [2.24, 2.45) is 5.41 Å². The standard InChI is InChI=1S/C7H16O2SSi/c1-4-9-11-5-7(2,3)6(8)10/h4-5,11H2,1-3H3,(H,8,10). The lowest BCUT2D eigenvalue weighted by atomic mass is 9.98. The fraction of sp³-hybridized carbons (Fsp3) is 0.857. The number of hydrogen-bond donors (Lipinski definition) is 1. The molecular formula is C7H16O2SSi. The molecule has 0 aliphatic rings. The lowest BCUT2D eigenvalue weighted by Gasteiger charge is -2.20. The van der Waals surface area contributed by atoms with E-state index in [4.69, 9.17) is 21.8 Å². The van der Waals surface area contributed by atoms with E-state index in [1.165, 1.54) is 0 Å². The molecule has 2 nitrogen and oxygen atoms in total. The molecule has 4 heteroatoms. The third-order valence-electron chi connectivity index (χ3n) is 1.65. The van der Waals surface area contributed by atoms with Crippen molar-refractivity contribution in [3.05, 3.63) is 0 Å². The maximum absolute atomic E-state index is 9.08. The molecule has 11 heavy (non-hydrogen) atoms. The minimum Gasteiger partial charge on any atom is -0.502 e. The van der Waals surface area contributed by atoms with Crippen molar-refractivity contribution in [2.75, 3.05) is 6.61 Å². The zero-order chi connectivity index (χ0) is 8.91. The van der Waals surface area contributed by atoms with E-state index in [1.807, 2.05) is 20.8 Å². The first-order chi connectivity index (χ1) is 5.00. The first kappa shape index (κ1) is 11.1. The van der Waals surface area contributed by atoms with Crippen LogP contribution >= 0.6 is 12.2 Å². The second-order valence-corrected chi connectivity index (χ2v) is 4.84. The first-order valence-corrected chi connectivity index (χ1v) is 5.80. The molecule has 0 rings (SSSR count). The third kappa shape index (κ3) is 4.50. The van der Waals surface area contributed by atoms with Crippen LogP contribution in [0.25, 0.3) is 0 Å². The summed E-state index contributed by atoms with van der Waals surface area (Å²) in [6.07, 6.45) is 0. The van der Waals surface area contributed by atoms with Gasteiger partial charge in [-0.3, -0.25) is 0 Å². The maximum atomic E-state index is 9.08. The van der Waals surface area contributed by atoms with Crippen molar-refractivity contribution in [3.63, 3.8) is 0 Å². The maximum Gasteiger partial charge on any atom is 0.162 e. The van der Waals surface area contributed by atoms with Gasteiger partial charge in [-0.05, 0) is 25.2 Å². The molecular weight excluding hydrogens is 176 g/mol. The highest BCUT2D eigenvalue weighted by atomic mass is 32.1. The third-order valence-corrected chi connectivity index (χ3v) is 4.36. The predicted octanol–water partition coefficient (Wildman–Crippen LogP) is 1.44. The Labute approximate surface area is 75.9 Å². The van der Waals surface area contributed by atoms with Crippen LogP contribution in [0.4, 0.5) is 0 Å². The smallest absolute Gasteiger partial charge is 0.162 e. The zero-order valence-electron chi connectivity index (χ0n) is 7.39. The van der Waals surface area contributed by atoms with Crippen LogP contribution in [0.15, 0.2) is 0 Å². The van der Waals surface area contributed by atoms with Gasteiger partial charge in [-0.1, -0.05) is 13.8 Å². The molecule has 0 bridgehead atoms. The average Bonchev–Trinajstić information content (AvgIpc) is 1.88. The van der Waals surface area contributed by atoms with E-state index in [0.29, 0.717) is 0 Å². The SMILES string of the molecule is CCO[SiH2]CC(C)(C)C(O)=S. The highest BCUT2D eigenvalue weighted by molar-refractivity contribution is 7.80. The van der Waals surface area contributed by atoms with Gasteiger partial charge in [0.05, 0.1) is 0 Å². The normalized spacial score (nSPS) is 12.6. The summed E-state index contributed by atoms with van der Waals surface area (Å²) in [5.74, 6) is 0. The van der Waals surface area contributed by atoms with Gasteiger partial charge in [0.15, 0.2) is 14.8 Å². The van der Waals surface area contributed by atoms with Crippen molar-refractivity contribution in [1.82, 2.24) is 0 Å². The number of thiocarbonyl (C=S) groups is 1. The van der Waals surface area contributed by atoms with Crippen LogP contribution in [-0.4, -0.2) is 26.5 Å². The summed E-state index contributed by atoms with van der Waals surface area (Å²) in [6, 6.07) is 0.913. The predicted molar refractivity (Wildman–Crippen MR) is 54.0 cm³/mol. The van der Waals surface area contributed by atoms with Crippen LogP contribution < -0.4 is 0 Å². The second kappa shape index (κ2) is 4.85. The van der Waals surface area contributed by atoms with Gasteiger partial charge in [0, 0.05) is 12.0 Å². The Morgan fingerprint density at radius 3 is 2.55 bits per heavy atom. The Balaban J connectivity index is 3.64. The molecule has 0 unspecified atom stereocenters. The minimum absolute atomic E-state index is 0.102. The summed E-state index contributed by atoms with van der Waals surface area (Å²) in [4.78, 5) is 0. The van der Waals surface area contributed by atoms with E-state index < -0.39 is 9.76 Å². The number of rotatable bonds is 5. The van der Waals surface area contributed by atoms with Gasteiger partial charge < -0.3 is 9.53 Å². The van der Waals surface area contributed by atoms with Crippen molar-refractivity contribution in [2.45, 2.75) is 26.8 Å². The monoisotopic (exact) mass is 192 g/mol. The fourth-order valence-electron chi connectivity index (χ4n) is 0.579. The van der Waals surface area contributed by atoms with Gasteiger partial charge in [-0.25, -0.2) is 0 Å². The van der Waals surface area contributed by atoms with E-state index in [1.54, 1.807) is 0 Å². The molecule has 1 N–H and O–H groups in total. The highest BCUT2D eigenvalue weighted by Crippen LogP contribution is 2.21. The van der Waals surface area contributed by atoms with E-state index >= 15 is 0 Å². The Morgan fingerprint density at radius 2 is 2.18 bits per heavy atom. The largest absolute Gasteiger partial charge is 0.502 e. The number of hydrogen-bond acceptors (Lipinski definition) is 2. The van der Waals surface area contributed by atoms with Gasteiger partial charge in [0.1, 0.15) is 0 Å². The molecule has 0 aliphatic carbocycles. The summed E-state index contributed by atoms with van der Waals surface area (Å²) >= 11 is 4.70. The van der Waals surface area contributed by atoms with E-state index in [0.717, 1.165) is 12.7 Å². The van der Waals surface area contributed by atoms with Gasteiger partial charge in [0.25, 0.3) is 0 Å². The summed E-state index contributed by atoms with van der Waals surface area (Å²) in [5, 5.41) is 9.18. The quantitative estimate of drug-likeness (QED) is 0.406. The molecule has 0 radical (unpaired) electrons. The van der Waals surface area contributed by atoms with E-state index in [-0.39, 0.29) is 10.5 Å². The summed E-state index contributed by atoms with van der Waals surface area (Å²) in [6.45, 7) is 6.65. The van der Waals surface area contributed by atoms with E-state index in [2.05, 4.69) is 0 Å². The molecule has 0 aliphatic heterocycles. The van der Waals surface area contributed by atoms with Gasteiger partial charge >= 0.3 is 0 Å². The van der Waals surface area contributed by atoms with Crippen LogP contribution in [0.1, 0.15) is 20.8 Å².